The second kappa shape index (κ2) is 7.05. The van der Waals surface area contributed by atoms with Gasteiger partial charge in [-0.05, 0) is 54.3 Å². The summed E-state index contributed by atoms with van der Waals surface area (Å²) < 4.78 is 0. The van der Waals surface area contributed by atoms with E-state index in [1.807, 2.05) is 24.3 Å². The Morgan fingerprint density at radius 3 is 2.48 bits per heavy atom. The summed E-state index contributed by atoms with van der Waals surface area (Å²) in [5, 5.41) is 3.62. The van der Waals surface area contributed by atoms with E-state index in [9.17, 15) is 4.79 Å². The SMILES string of the molecule is CC1CCN(c2ccc(NC(=O)Cc3ccc(Cl)cc3)cc2)C1. The van der Waals surface area contributed by atoms with Gasteiger partial charge in [0, 0.05) is 29.5 Å². The fourth-order valence-electron chi connectivity index (χ4n) is 2.92. The zero-order valence-electron chi connectivity index (χ0n) is 13.3. The summed E-state index contributed by atoms with van der Waals surface area (Å²) in [5.74, 6) is 0.739. The monoisotopic (exact) mass is 328 g/mol. The van der Waals surface area contributed by atoms with Crippen LogP contribution in [0.25, 0.3) is 0 Å². The van der Waals surface area contributed by atoms with Crippen molar-refractivity contribution in [1.82, 2.24) is 0 Å². The van der Waals surface area contributed by atoms with Gasteiger partial charge in [0.05, 0.1) is 6.42 Å². The second-order valence-electron chi connectivity index (χ2n) is 6.24. The first kappa shape index (κ1) is 15.9. The quantitative estimate of drug-likeness (QED) is 0.904. The molecule has 3 nitrogen and oxygen atoms in total. The Bertz CT molecular complexity index is 667. The zero-order chi connectivity index (χ0) is 16.2. The fourth-order valence-corrected chi connectivity index (χ4v) is 3.04. The summed E-state index contributed by atoms with van der Waals surface area (Å²) in [6, 6.07) is 15.5. The minimum absolute atomic E-state index is 0.0186. The van der Waals surface area contributed by atoms with Crippen LogP contribution in [0, 0.1) is 5.92 Å². The van der Waals surface area contributed by atoms with Gasteiger partial charge in [0.2, 0.25) is 5.91 Å². The van der Waals surface area contributed by atoms with Gasteiger partial charge in [-0.1, -0.05) is 30.7 Å². The van der Waals surface area contributed by atoms with Crippen molar-refractivity contribution in [2.75, 3.05) is 23.3 Å². The summed E-state index contributed by atoms with van der Waals surface area (Å²) in [6.45, 7) is 4.51. The summed E-state index contributed by atoms with van der Waals surface area (Å²) in [4.78, 5) is 14.5. The maximum atomic E-state index is 12.1. The first-order valence-corrected chi connectivity index (χ1v) is 8.37. The fraction of sp³-hybridized carbons (Fsp3) is 0.316. The molecule has 1 unspecified atom stereocenters. The van der Waals surface area contributed by atoms with Crippen molar-refractivity contribution in [3.05, 3.63) is 59.1 Å². The lowest BCUT2D eigenvalue weighted by Crippen LogP contribution is -2.19. The average Bonchev–Trinajstić information content (AvgIpc) is 2.97. The molecule has 1 aliphatic heterocycles. The van der Waals surface area contributed by atoms with E-state index in [2.05, 4.69) is 29.3 Å². The van der Waals surface area contributed by atoms with Crippen molar-refractivity contribution in [1.29, 1.82) is 0 Å². The van der Waals surface area contributed by atoms with Gasteiger partial charge in [-0.3, -0.25) is 4.79 Å². The van der Waals surface area contributed by atoms with Crippen LogP contribution in [0.5, 0.6) is 0 Å². The minimum atomic E-state index is -0.0186. The Balaban J connectivity index is 1.57. The Labute approximate surface area is 142 Å². The highest BCUT2D eigenvalue weighted by molar-refractivity contribution is 6.30. The topological polar surface area (TPSA) is 32.3 Å². The molecule has 1 atom stereocenters. The van der Waals surface area contributed by atoms with E-state index in [0.717, 1.165) is 30.3 Å². The Hall–Kier alpha value is -2.00. The molecule has 1 fully saturated rings. The third-order valence-corrected chi connectivity index (χ3v) is 4.47. The number of halogens is 1. The predicted octanol–water partition coefficient (Wildman–Crippen LogP) is 4.37. The van der Waals surface area contributed by atoms with Gasteiger partial charge in [0.25, 0.3) is 0 Å². The molecule has 0 radical (unpaired) electrons. The highest BCUT2D eigenvalue weighted by atomic mass is 35.5. The van der Waals surface area contributed by atoms with E-state index >= 15 is 0 Å². The van der Waals surface area contributed by atoms with E-state index < -0.39 is 0 Å². The number of hydrogen-bond donors (Lipinski definition) is 1. The summed E-state index contributed by atoms with van der Waals surface area (Å²) in [5.41, 5.74) is 3.01. The molecule has 23 heavy (non-hydrogen) atoms. The van der Waals surface area contributed by atoms with Gasteiger partial charge >= 0.3 is 0 Å². The number of amides is 1. The largest absolute Gasteiger partial charge is 0.371 e. The molecule has 1 N–H and O–H groups in total. The van der Waals surface area contributed by atoms with Crippen LogP contribution in [-0.2, 0) is 11.2 Å². The van der Waals surface area contributed by atoms with Crippen LogP contribution in [0.15, 0.2) is 48.5 Å². The van der Waals surface area contributed by atoms with Crippen molar-refractivity contribution in [2.24, 2.45) is 5.92 Å². The van der Waals surface area contributed by atoms with Crippen LogP contribution in [-0.4, -0.2) is 19.0 Å². The Kier molecular flexibility index (Phi) is 4.87. The van der Waals surface area contributed by atoms with E-state index in [4.69, 9.17) is 11.6 Å². The highest BCUT2D eigenvalue weighted by Crippen LogP contribution is 2.24. The van der Waals surface area contributed by atoms with Gasteiger partial charge in [-0.2, -0.15) is 0 Å². The lowest BCUT2D eigenvalue weighted by molar-refractivity contribution is -0.115. The molecule has 3 rings (SSSR count). The number of benzene rings is 2. The number of hydrogen-bond acceptors (Lipinski definition) is 2. The second-order valence-corrected chi connectivity index (χ2v) is 6.67. The van der Waals surface area contributed by atoms with Crippen LogP contribution < -0.4 is 10.2 Å². The van der Waals surface area contributed by atoms with Crippen LogP contribution in [0.2, 0.25) is 5.02 Å². The lowest BCUT2D eigenvalue weighted by Gasteiger charge is -2.18. The molecule has 1 saturated heterocycles. The zero-order valence-corrected chi connectivity index (χ0v) is 14.0. The van der Waals surface area contributed by atoms with Crippen molar-refractivity contribution in [2.45, 2.75) is 19.8 Å². The molecule has 1 heterocycles. The maximum Gasteiger partial charge on any atom is 0.228 e. The Morgan fingerprint density at radius 1 is 1.17 bits per heavy atom. The number of anilines is 2. The number of nitrogens with one attached hydrogen (secondary N) is 1. The van der Waals surface area contributed by atoms with Crippen LogP contribution in [0.3, 0.4) is 0 Å². The first-order valence-electron chi connectivity index (χ1n) is 7.99. The van der Waals surface area contributed by atoms with Crippen molar-refractivity contribution in [3.63, 3.8) is 0 Å². The van der Waals surface area contributed by atoms with Gasteiger partial charge in [-0.15, -0.1) is 0 Å². The normalized spacial score (nSPS) is 17.3. The van der Waals surface area contributed by atoms with Gasteiger partial charge in [-0.25, -0.2) is 0 Å². The summed E-state index contributed by atoms with van der Waals surface area (Å²) >= 11 is 5.85. The van der Waals surface area contributed by atoms with E-state index in [1.54, 1.807) is 12.1 Å². The van der Waals surface area contributed by atoms with Gasteiger partial charge in [0.15, 0.2) is 0 Å². The molecule has 0 aliphatic carbocycles. The molecule has 0 saturated carbocycles. The first-order chi connectivity index (χ1) is 11.1. The van der Waals surface area contributed by atoms with Gasteiger partial charge < -0.3 is 10.2 Å². The molecule has 0 bridgehead atoms. The summed E-state index contributed by atoms with van der Waals surface area (Å²) in [6.07, 6.45) is 1.60. The molecule has 1 amide bonds. The van der Waals surface area contributed by atoms with Crippen molar-refractivity contribution >= 4 is 28.9 Å². The molecule has 2 aromatic rings. The lowest BCUT2D eigenvalue weighted by atomic mass is 10.1. The highest BCUT2D eigenvalue weighted by Gasteiger charge is 2.18. The molecular formula is C19H21ClN2O. The molecule has 4 heteroatoms. The van der Waals surface area contributed by atoms with Crippen LogP contribution >= 0.6 is 11.6 Å². The standard InChI is InChI=1S/C19H21ClN2O/c1-14-10-11-22(13-14)18-8-6-17(7-9-18)21-19(23)12-15-2-4-16(20)5-3-15/h2-9,14H,10-13H2,1H3,(H,21,23). The van der Waals surface area contributed by atoms with E-state index in [0.29, 0.717) is 11.4 Å². The third-order valence-electron chi connectivity index (χ3n) is 4.22. The van der Waals surface area contributed by atoms with E-state index in [-0.39, 0.29) is 5.91 Å². The molecule has 0 spiro atoms. The van der Waals surface area contributed by atoms with Crippen LogP contribution in [0.1, 0.15) is 18.9 Å². The van der Waals surface area contributed by atoms with E-state index in [1.165, 1.54) is 12.1 Å². The molecular weight excluding hydrogens is 308 g/mol. The average molecular weight is 329 g/mol. The smallest absolute Gasteiger partial charge is 0.228 e. The molecule has 0 aromatic heterocycles. The number of carbonyl (C=O) groups excluding carboxylic acids is 1. The Morgan fingerprint density at radius 2 is 1.87 bits per heavy atom. The minimum Gasteiger partial charge on any atom is -0.371 e. The van der Waals surface area contributed by atoms with Gasteiger partial charge in [0.1, 0.15) is 0 Å². The molecule has 120 valence electrons. The van der Waals surface area contributed by atoms with Crippen molar-refractivity contribution < 1.29 is 4.79 Å². The van der Waals surface area contributed by atoms with Crippen molar-refractivity contribution in [3.8, 4) is 0 Å². The number of rotatable bonds is 4. The predicted molar refractivity (Wildman–Crippen MR) is 96.2 cm³/mol. The summed E-state index contributed by atoms with van der Waals surface area (Å²) in [7, 11) is 0. The maximum absolute atomic E-state index is 12.1. The van der Waals surface area contributed by atoms with Crippen LogP contribution in [0.4, 0.5) is 11.4 Å². The third kappa shape index (κ3) is 4.26. The molecule has 1 aliphatic rings. The molecule has 2 aromatic carbocycles. The number of carbonyl (C=O) groups is 1. The number of nitrogens with zero attached hydrogens (tertiary/aromatic N) is 1.